The van der Waals surface area contributed by atoms with Gasteiger partial charge in [0.2, 0.25) is 6.67 Å². The van der Waals surface area contributed by atoms with Crippen molar-refractivity contribution in [2.24, 2.45) is 0 Å². The lowest BCUT2D eigenvalue weighted by Crippen LogP contribution is -2.42. The lowest BCUT2D eigenvalue weighted by atomic mass is 10.1. The highest BCUT2D eigenvalue weighted by Crippen LogP contribution is 2.07. The van der Waals surface area contributed by atoms with Gasteiger partial charge in [-0.1, -0.05) is 0 Å². The smallest absolute Gasteiger partial charge is 0.230 e. The Morgan fingerprint density at radius 1 is 1.80 bits per heavy atom. The summed E-state index contributed by atoms with van der Waals surface area (Å²) in [5, 5.41) is 20.9. The zero-order valence-corrected chi connectivity index (χ0v) is 6.24. The van der Waals surface area contributed by atoms with Gasteiger partial charge in [-0.2, -0.15) is 4.74 Å². The quantitative estimate of drug-likeness (QED) is 0.395. The highest BCUT2D eigenvalue weighted by Gasteiger charge is 2.23. The van der Waals surface area contributed by atoms with E-state index in [1.807, 2.05) is 6.92 Å². The minimum Gasteiger partial charge on any atom is -0.623 e. The fourth-order valence-corrected chi connectivity index (χ4v) is 1.03. The van der Waals surface area contributed by atoms with Crippen LogP contribution in [0.1, 0.15) is 20.3 Å². The highest BCUT2D eigenvalue weighted by molar-refractivity contribution is 5.77. The zero-order chi connectivity index (χ0) is 7.72. The van der Waals surface area contributed by atoms with Gasteiger partial charge in [-0.3, -0.25) is 0 Å². The van der Waals surface area contributed by atoms with Gasteiger partial charge in [0.05, 0.1) is 0 Å². The first-order valence-electron chi connectivity index (χ1n) is 3.34. The van der Waals surface area contributed by atoms with Crippen molar-refractivity contribution in [3.63, 3.8) is 0 Å². The standard InChI is InChI=1S/C6H12N2O2/c1-5-3-6(2)8(10)4-7(5)9/h5,9H,3-4H2,1-2H3. The Hall–Kier alpha value is -0.610. The number of hydroxylamine groups is 3. The van der Waals surface area contributed by atoms with Crippen LogP contribution < -0.4 is 0 Å². The van der Waals surface area contributed by atoms with Crippen molar-refractivity contribution < 1.29 is 9.95 Å². The highest BCUT2D eigenvalue weighted by atomic mass is 16.5. The van der Waals surface area contributed by atoms with Crippen molar-refractivity contribution in [1.82, 2.24) is 5.06 Å². The molecule has 1 N–H and O–H groups in total. The molecule has 58 valence electrons. The van der Waals surface area contributed by atoms with Crippen molar-refractivity contribution in [1.29, 1.82) is 0 Å². The van der Waals surface area contributed by atoms with Gasteiger partial charge in [-0.25, -0.2) is 0 Å². The first kappa shape index (κ1) is 7.50. The molecule has 0 aromatic carbocycles. The van der Waals surface area contributed by atoms with Crippen molar-refractivity contribution in [3.05, 3.63) is 5.21 Å². The van der Waals surface area contributed by atoms with E-state index in [1.165, 1.54) is 0 Å². The van der Waals surface area contributed by atoms with Crippen LogP contribution in [0.25, 0.3) is 0 Å². The molecule has 1 heterocycles. The maximum atomic E-state index is 10.8. The number of hydrogen-bond acceptors (Lipinski definition) is 3. The average Bonchev–Trinajstić information content (AvgIpc) is 1.84. The van der Waals surface area contributed by atoms with E-state index in [4.69, 9.17) is 5.21 Å². The van der Waals surface area contributed by atoms with Crippen molar-refractivity contribution in [3.8, 4) is 0 Å². The molecule has 0 aromatic heterocycles. The van der Waals surface area contributed by atoms with Crippen LogP contribution in [0.3, 0.4) is 0 Å². The largest absolute Gasteiger partial charge is 0.623 e. The van der Waals surface area contributed by atoms with Gasteiger partial charge < -0.3 is 10.4 Å². The fraction of sp³-hybridized carbons (Fsp3) is 0.833. The Morgan fingerprint density at radius 3 is 2.90 bits per heavy atom. The maximum Gasteiger partial charge on any atom is 0.230 e. The number of nitrogens with zero attached hydrogens (tertiary/aromatic N) is 2. The minimum atomic E-state index is 0.0743. The summed E-state index contributed by atoms with van der Waals surface area (Å²) in [6.45, 7) is 3.75. The van der Waals surface area contributed by atoms with Gasteiger partial charge in [0.1, 0.15) is 0 Å². The van der Waals surface area contributed by atoms with E-state index in [9.17, 15) is 5.21 Å². The number of hydrogen-bond donors (Lipinski definition) is 1. The normalized spacial score (nSPS) is 29.3. The SMILES string of the molecule is CC1=[N+]([O-])CN(O)C(C)C1. The van der Waals surface area contributed by atoms with E-state index in [2.05, 4.69) is 0 Å². The monoisotopic (exact) mass is 144 g/mol. The number of rotatable bonds is 0. The Bertz CT molecular complexity index is 149. The van der Waals surface area contributed by atoms with Gasteiger partial charge in [0.15, 0.2) is 5.71 Å². The maximum absolute atomic E-state index is 10.8. The molecule has 0 fully saturated rings. The molecule has 0 amide bonds. The molecule has 0 radical (unpaired) electrons. The second-order valence-corrected chi connectivity index (χ2v) is 2.75. The van der Waals surface area contributed by atoms with Crippen LogP contribution in [-0.4, -0.2) is 33.4 Å². The third-order valence-corrected chi connectivity index (χ3v) is 1.80. The molecule has 0 saturated heterocycles. The predicted molar refractivity (Wildman–Crippen MR) is 36.9 cm³/mol. The zero-order valence-electron chi connectivity index (χ0n) is 6.24. The van der Waals surface area contributed by atoms with Crippen LogP contribution in [0, 0.1) is 5.21 Å². The third kappa shape index (κ3) is 1.27. The Balaban J connectivity index is 2.69. The Kier molecular flexibility index (Phi) is 1.92. The summed E-state index contributed by atoms with van der Waals surface area (Å²) in [5.74, 6) is 0. The van der Waals surface area contributed by atoms with Gasteiger partial charge in [0.25, 0.3) is 0 Å². The molecule has 1 aliphatic heterocycles. The molecular formula is C6H12N2O2. The van der Waals surface area contributed by atoms with Crippen LogP contribution >= 0.6 is 0 Å². The summed E-state index contributed by atoms with van der Waals surface area (Å²) in [6.07, 6.45) is 0.653. The molecular weight excluding hydrogens is 132 g/mol. The van der Waals surface area contributed by atoms with Gasteiger partial charge in [-0.15, -0.1) is 5.06 Å². The summed E-state index contributed by atoms with van der Waals surface area (Å²) in [4.78, 5) is 0. The summed E-state index contributed by atoms with van der Waals surface area (Å²) < 4.78 is 0.806. The summed E-state index contributed by atoms with van der Waals surface area (Å²) in [6, 6.07) is 0.0743. The van der Waals surface area contributed by atoms with E-state index < -0.39 is 0 Å². The molecule has 1 rings (SSSR count). The lowest BCUT2D eigenvalue weighted by Gasteiger charge is -2.26. The second-order valence-electron chi connectivity index (χ2n) is 2.75. The molecule has 4 heteroatoms. The van der Waals surface area contributed by atoms with Crippen LogP contribution in [0.5, 0.6) is 0 Å². The van der Waals surface area contributed by atoms with Gasteiger partial charge >= 0.3 is 0 Å². The first-order valence-corrected chi connectivity index (χ1v) is 3.34. The van der Waals surface area contributed by atoms with Crippen LogP contribution in [-0.2, 0) is 0 Å². The van der Waals surface area contributed by atoms with Crippen molar-refractivity contribution >= 4 is 5.71 Å². The molecule has 0 aromatic rings. The molecule has 0 bridgehead atoms. The Labute approximate surface area is 59.9 Å². The van der Waals surface area contributed by atoms with Gasteiger partial charge in [0, 0.05) is 19.4 Å². The molecule has 0 saturated carbocycles. The topological polar surface area (TPSA) is 49.5 Å². The van der Waals surface area contributed by atoms with E-state index in [0.717, 1.165) is 15.5 Å². The fourth-order valence-electron chi connectivity index (χ4n) is 1.03. The molecule has 1 unspecified atom stereocenters. The molecule has 0 aliphatic carbocycles. The molecule has 10 heavy (non-hydrogen) atoms. The second kappa shape index (κ2) is 2.56. The molecule has 4 nitrogen and oxygen atoms in total. The third-order valence-electron chi connectivity index (χ3n) is 1.80. The van der Waals surface area contributed by atoms with E-state index >= 15 is 0 Å². The average molecular weight is 144 g/mol. The van der Waals surface area contributed by atoms with E-state index in [-0.39, 0.29) is 12.7 Å². The molecule has 0 spiro atoms. The van der Waals surface area contributed by atoms with Crippen LogP contribution in [0.4, 0.5) is 0 Å². The summed E-state index contributed by atoms with van der Waals surface area (Å²) >= 11 is 0. The predicted octanol–water partition coefficient (Wildman–Crippen LogP) is 0.398. The Morgan fingerprint density at radius 2 is 2.40 bits per heavy atom. The van der Waals surface area contributed by atoms with Crippen LogP contribution in [0.15, 0.2) is 0 Å². The molecule has 1 atom stereocenters. The van der Waals surface area contributed by atoms with Gasteiger partial charge in [-0.05, 0) is 6.92 Å². The summed E-state index contributed by atoms with van der Waals surface area (Å²) in [7, 11) is 0. The first-order chi connectivity index (χ1) is 4.61. The molecule has 1 aliphatic rings. The van der Waals surface area contributed by atoms with E-state index in [0.29, 0.717) is 6.42 Å². The van der Waals surface area contributed by atoms with Crippen LogP contribution in [0.2, 0.25) is 0 Å². The van der Waals surface area contributed by atoms with Crippen molar-refractivity contribution in [2.75, 3.05) is 6.67 Å². The lowest BCUT2D eigenvalue weighted by molar-refractivity contribution is -0.520. The van der Waals surface area contributed by atoms with Crippen molar-refractivity contribution in [2.45, 2.75) is 26.3 Å². The van der Waals surface area contributed by atoms with E-state index in [1.54, 1.807) is 6.92 Å². The minimum absolute atomic E-state index is 0.0743. The summed E-state index contributed by atoms with van der Waals surface area (Å²) in [5.41, 5.74) is 0.790.